The molecule has 0 amide bonds. The number of hydrazone groups is 1. The Balaban J connectivity index is 1.11. The van der Waals surface area contributed by atoms with Crippen LogP contribution in [0.15, 0.2) is 145 Å². The fourth-order valence-electron chi connectivity index (χ4n) is 5.22. The van der Waals surface area contributed by atoms with Gasteiger partial charge in [-0.1, -0.05) is 55.6 Å². The highest BCUT2D eigenvalue weighted by Gasteiger charge is 2.14. The number of carbonyl (C=O) groups excluding carboxylic acids is 4. The Morgan fingerprint density at radius 3 is 2.00 bits per heavy atom. The third-order valence-electron chi connectivity index (χ3n) is 8.18. The molecule has 0 radical (unpaired) electrons. The van der Waals surface area contributed by atoms with Crippen molar-refractivity contribution in [2.24, 2.45) is 5.10 Å². The summed E-state index contributed by atoms with van der Waals surface area (Å²) in [5.74, 6) is -1.42. The Morgan fingerprint density at radius 1 is 0.707 bits per heavy atom. The molecular formula is C44H35N3O10S. The van der Waals surface area contributed by atoms with Crippen molar-refractivity contribution in [3.8, 4) is 28.5 Å². The maximum Gasteiger partial charge on any atom is 0.343 e. The third kappa shape index (κ3) is 11.2. The number of ether oxygens (including phenoxy) is 6. The minimum absolute atomic E-state index is 0.0560. The highest BCUT2D eigenvalue weighted by molar-refractivity contribution is 7.14. The molecule has 0 saturated carbocycles. The quantitative estimate of drug-likeness (QED) is 0.0169. The van der Waals surface area contributed by atoms with Gasteiger partial charge in [-0.15, -0.1) is 11.3 Å². The second kappa shape index (κ2) is 19.8. The summed E-state index contributed by atoms with van der Waals surface area (Å²) >= 11 is 1.39. The molecule has 0 aliphatic rings. The van der Waals surface area contributed by atoms with Crippen molar-refractivity contribution in [3.05, 3.63) is 162 Å². The average Bonchev–Trinajstić information content (AvgIpc) is 3.73. The fraction of sp³-hybridized carbons (Fsp3) is 0.0909. The molecule has 1 heterocycles. The lowest BCUT2D eigenvalue weighted by molar-refractivity contribution is -0.145. The van der Waals surface area contributed by atoms with E-state index in [0.29, 0.717) is 34.2 Å². The van der Waals surface area contributed by atoms with E-state index in [1.165, 1.54) is 41.8 Å². The second-order valence-corrected chi connectivity index (χ2v) is 12.9. The lowest BCUT2D eigenvalue weighted by atomic mass is 10.1. The van der Waals surface area contributed by atoms with Gasteiger partial charge < -0.3 is 28.4 Å². The van der Waals surface area contributed by atoms with Crippen LogP contribution in [0.4, 0.5) is 5.13 Å². The number of fused-ring (bicyclic) bond motifs is 1. The van der Waals surface area contributed by atoms with E-state index in [4.69, 9.17) is 28.4 Å². The highest BCUT2D eigenvalue weighted by atomic mass is 32.1. The molecule has 1 aromatic heterocycles. The molecule has 0 atom stereocenters. The predicted octanol–water partition coefficient (Wildman–Crippen LogP) is 8.16. The van der Waals surface area contributed by atoms with Crippen LogP contribution < -0.4 is 19.6 Å². The van der Waals surface area contributed by atoms with Crippen LogP contribution in [-0.4, -0.2) is 55.3 Å². The van der Waals surface area contributed by atoms with Gasteiger partial charge in [-0.3, -0.25) is 5.43 Å². The molecule has 13 nitrogen and oxygen atoms in total. The van der Waals surface area contributed by atoms with Crippen molar-refractivity contribution in [2.45, 2.75) is 6.42 Å². The molecular weight excluding hydrogens is 763 g/mol. The van der Waals surface area contributed by atoms with Crippen molar-refractivity contribution in [1.29, 1.82) is 0 Å². The topological polar surface area (TPSA) is 161 Å². The van der Waals surface area contributed by atoms with Crippen molar-refractivity contribution >= 4 is 57.3 Å². The molecule has 6 rings (SSSR count). The number of hydrogen-bond acceptors (Lipinski definition) is 14. The van der Waals surface area contributed by atoms with Crippen LogP contribution in [0.2, 0.25) is 0 Å². The number of rotatable bonds is 18. The van der Waals surface area contributed by atoms with Crippen molar-refractivity contribution in [3.63, 3.8) is 0 Å². The number of nitrogens with one attached hydrogen (secondary N) is 1. The zero-order valence-electron chi connectivity index (χ0n) is 30.8. The summed E-state index contributed by atoms with van der Waals surface area (Å²) in [4.78, 5) is 53.1. The predicted molar refractivity (Wildman–Crippen MR) is 218 cm³/mol. The first-order valence-corrected chi connectivity index (χ1v) is 18.5. The molecule has 0 fully saturated rings. The third-order valence-corrected chi connectivity index (χ3v) is 8.93. The van der Waals surface area contributed by atoms with Gasteiger partial charge in [-0.05, 0) is 83.1 Å². The molecule has 5 aromatic carbocycles. The van der Waals surface area contributed by atoms with Gasteiger partial charge in [-0.2, -0.15) is 5.10 Å². The highest BCUT2D eigenvalue weighted by Crippen LogP contribution is 2.28. The number of aromatic nitrogens is 1. The standard InChI is InChI=1S/C44H35N3O10S/c1-3-40(48)55-27-53-36-16-12-31(13-17-36)42(50)52-22-21-29-9-20-39(57-43(51)32-14-18-37(19-15-32)54-28-56-41(49)4-2)35(23-29)25-45-47-44-46-38(26-58-44)34-11-10-30-7-5-6-8-33(30)24-34/h3-20,23-26H,1-2,21-22,27-28H2,(H,46,47)/b45-25+. The van der Waals surface area contributed by atoms with Crippen LogP contribution in [0, 0.1) is 0 Å². The second-order valence-electron chi connectivity index (χ2n) is 12.0. The molecule has 6 aromatic rings. The lowest BCUT2D eigenvalue weighted by Crippen LogP contribution is -2.11. The summed E-state index contributed by atoms with van der Waals surface area (Å²) in [5, 5.41) is 9.14. The van der Waals surface area contributed by atoms with Gasteiger partial charge in [0.1, 0.15) is 17.2 Å². The summed E-state index contributed by atoms with van der Waals surface area (Å²) in [7, 11) is 0. The number of nitrogens with zero attached hydrogens (tertiary/aromatic N) is 2. The van der Waals surface area contributed by atoms with Crippen molar-refractivity contribution < 1.29 is 47.6 Å². The summed E-state index contributed by atoms with van der Waals surface area (Å²) < 4.78 is 31.6. The summed E-state index contributed by atoms with van der Waals surface area (Å²) in [6.45, 7) is 6.09. The van der Waals surface area contributed by atoms with Gasteiger partial charge in [0.15, 0.2) is 0 Å². The number of hydrogen-bond donors (Lipinski definition) is 1. The first-order chi connectivity index (χ1) is 28.3. The van der Waals surface area contributed by atoms with E-state index in [1.807, 2.05) is 23.6 Å². The average molecular weight is 798 g/mol. The Hall–Kier alpha value is -7.58. The number of anilines is 1. The zero-order chi connectivity index (χ0) is 40.7. The summed E-state index contributed by atoms with van der Waals surface area (Å²) in [5.41, 5.74) is 6.52. The van der Waals surface area contributed by atoms with E-state index in [0.717, 1.165) is 39.7 Å². The van der Waals surface area contributed by atoms with E-state index < -0.39 is 23.9 Å². The van der Waals surface area contributed by atoms with Crippen LogP contribution in [0.25, 0.3) is 22.0 Å². The SMILES string of the molecule is C=CC(=O)OCOc1ccc(C(=O)OCCc2ccc(OC(=O)c3ccc(OCOC(=O)C=C)cc3)c(/C=N/Nc3nc(-c4ccc5ccccc5c4)cs3)c2)cc1. The maximum absolute atomic E-state index is 13.2. The molecule has 0 bridgehead atoms. The molecule has 0 unspecified atom stereocenters. The molecule has 0 spiro atoms. The Morgan fingerprint density at radius 2 is 1.34 bits per heavy atom. The fourth-order valence-corrected chi connectivity index (χ4v) is 5.89. The Kier molecular flexibility index (Phi) is 13.7. The molecule has 14 heteroatoms. The van der Waals surface area contributed by atoms with E-state index >= 15 is 0 Å². The van der Waals surface area contributed by atoms with E-state index in [9.17, 15) is 19.2 Å². The Bertz CT molecular complexity index is 2460. The molecule has 0 aliphatic carbocycles. The first-order valence-electron chi connectivity index (χ1n) is 17.6. The monoisotopic (exact) mass is 797 g/mol. The number of carbonyl (C=O) groups is 4. The minimum atomic E-state index is -0.636. The van der Waals surface area contributed by atoms with E-state index in [-0.39, 0.29) is 31.5 Å². The van der Waals surface area contributed by atoms with Gasteiger partial charge >= 0.3 is 23.9 Å². The largest absolute Gasteiger partial charge is 0.462 e. The van der Waals surface area contributed by atoms with Gasteiger partial charge in [-0.25, -0.2) is 24.2 Å². The molecule has 58 heavy (non-hydrogen) atoms. The number of benzene rings is 5. The van der Waals surface area contributed by atoms with Crippen LogP contribution in [0.3, 0.4) is 0 Å². The molecule has 0 aliphatic heterocycles. The minimum Gasteiger partial charge on any atom is -0.462 e. The molecule has 0 saturated heterocycles. The van der Waals surface area contributed by atoms with E-state index in [2.05, 4.69) is 52.9 Å². The smallest absolute Gasteiger partial charge is 0.343 e. The summed E-state index contributed by atoms with van der Waals surface area (Å²) in [6.07, 6.45) is 3.91. The van der Waals surface area contributed by atoms with Crippen LogP contribution in [-0.2, 0) is 30.2 Å². The summed E-state index contributed by atoms with van der Waals surface area (Å²) in [6, 6.07) is 31.7. The van der Waals surface area contributed by atoms with Gasteiger partial charge in [0.25, 0.3) is 0 Å². The lowest BCUT2D eigenvalue weighted by Gasteiger charge is -2.11. The van der Waals surface area contributed by atoms with E-state index in [1.54, 1.807) is 42.5 Å². The van der Waals surface area contributed by atoms with Crippen LogP contribution >= 0.6 is 11.3 Å². The molecule has 292 valence electrons. The number of esters is 4. The normalized spacial score (nSPS) is 10.7. The number of thiazole rings is 1. The van der Waals surface area contributed by atoms with Crippen LogP contribution in [0.5, 0.6) is 17.2 Å². The van der Waals surface area contributed by atoms with Crippen molar-refractivity contribution in [1.82, 2.24) is 4.98 Å². The first kappa shape index (κ1) is 40.1. The van der Waals surface area contributed by atoms with Gasteiger partial charge in [0.05, 0.1) is 29.6 Å². The van der Waals surface area contributed by atoms with Crippen molar-refractivity contribution in [2.75, 3.05) is 25.6 Å². The zero-order valence-corrected chi connectivity index (χ0v) is 31.6. The Labute approximate surface area is 336 Å². The van der Waals surface area contributed by atoms with Crippen LogP contribution in [0.1, 0.15) is 31.8 Å². The van der Waals surface area contributed by atoms with Gasteiger partial charge in [0.2, 0.25) is 18.7 Å². The maximum atomic E-state index is 13.2. The van der Waals surface area contributed by atoms with Gasteiger partial charge in [0, 0.05) is 35.1 Å². The molecule has 1 N–H and O–H groups in total.